The van der Waals surface area contributed by atoms with Crippen molar-refractivity contribution < 1.29 is 17.6 Å². The van der Waals surface area contributed by atoms with Gasteiger partial charge in [0.15, 0.2) is 0 Å². The summed E-state index contributed by atoms with van der Waals surface area (Å²) in [6.07, 6.45) is 5.14. The fourth-order valence-corrected chi connectivity index (χ4v) is 8.91. The minimum absolute atomic E-state index is 0.00479. The fourth-order valence-electron chi connectivity index (χ4n) is 8.91. The maximum Gasteiger partial charge on any atom is 0.123 e. The van der Waals surface area contributed by atoms with Crippen molar-refractivity contribution in [2.24, 2.45) is 0 Å². The Bertz CT molecular complexity index is 2550. The zero-order valence-electron chi connectivity index (χ0n) is 28.4. The first-order chi connectivity index (χ1) is 25.9. The third-order valence-corrected chi connectivity index (χ3v) is 11.4. The van der Waals surface area contributed by atoms with Gasteiger partial charge >= 0.3 is 0 Å². The number of hydrogen-bond acceptors (Lipinski definition) is 0. The van der Waals surface area contributed by atoms with Gasteiger partial charge in [-0.15, -0.1) is 0 Å². The Morgan fingerprint density at radius 2 is 0.755 bits per heavy atom. The maximum absolute atomic E-state index is 14.1. The number of rotatable bonds is 4. The second-order valence-corrected chi connectivity index (χ2v) is 14.2. The molecule has 0 saturated carbocycles. The fraction of sp³-hybridized carbons (Fsp3) is 0.0612. The molecule has 4 heteroatoms. The maximum atomic E-state index is 14.1. The average Bonchev–Trinajstić information content (AvgIpc) is 3.64. The van der Waals surface area contributed by atoms with E-state index >= 15 is 0 Å². The Labute approximate surface area is 305 Å². The predicted molar refractivity (Wildman–Crippen MR) is 204 cm³/mol. The van der Waals surface area contributed by atoms with Crippen LogP contribution in [-0.2, 0) is 5.41 Å². The van der Waals surface area contributed by atoms with Gasteiger partial charge in [0.2, 0.25) is 0 Å². The molecule has 0 aromatic heterocycles. The van der Waals surface area contributed by atoms with E-state index in [-0.39, 0.29) is 29.2 Å². The molecule has 10 rings (SSSR count). The summed E-state index contributed by atoms with van der Waals surface area (Å²) in [6.45, 7) is 0. The van der Waals surface area contributed by atoms with Crippen molar-refractivity contribution >= 4 is 5.57 Å². The molecule has 0 aliphatic heterocycles. The highest BCUT2D eigenvalue weighted by Gasteiger charge is 2.53. The summed E-state index contributed by atoms with van der Waals surface area (Å²) in [4.78, 5) is 0. The summed E-state index contributed by atoms with van der Waals surface area (Å²) in [5, 5.41) is 0. The molecule has 0 fully saturated rings. The Morgan fingerprint density at radius 1 is 0.396 bits per heavy atom. The molecule has 7 aromatic carbocycles. The second-order valence-electron chi connectivity index (χ2n) is 14.2. The normalized spacial score (nSPS) is 16.0. The molecule has 7 aromatic rings. The number of allylic oxidation sites excluding steroid dienone is 4. The third kappa shape index (κ3) is 4.89. The molecule has 0 N–H and O–H groups in total. The molecule has 1 atom stereocenters. The van der Waals surface area contributed by atoms with Gasteiger partial charge in [-0.3, -0.25) is 0 Å². The monoisotopic (exact) mass is 694 g/mol. The average molecular weight is 695 g/mol. The van der Waals surface area contributed by atoms with E-state index in [0.29, 0.717) is 6.42 Å². The Hall–Kier alpha value is -6.26. The first-order valence-electron chi connectivity index (χ1n) is 17.8. The van der Waals surface area contributed by atoms with E-state index in [1.807, 2.05) is 48.5 Å². The summed E-state index contributed by atoms with van der Waals surface area (Å²) in [5.74, 6) is -1.14. The molecule has 0 amide bonds. The van der Waals surface area contributed by atoms with Gasteiger partial charge in [-0.25, -0.2) is 17.6 Å². The molecule has 0 saturated heterocycles. The van der Waals surface area contributed by atoms with E-state index < -0.39 is 5.41 Å². The van der Waals surface area contributed by atoms with Crippen LogP contribution < -0.4 is 0 Å². The van der Waals surface area contributed by atoms with Crippen molar-refractivity contribution in [2.75, 3.05) is 0 Å². The van der Waals surface area contributed by atoms with Gasteiger partial charge in [0, 0.05) is 5.92 Å². The SMILES string of the molecule is Fc1ccc(-c2ccc3c(c2)C2(C4=C3C=CC(c3ccc(F)cc3)C4)c3cc(-c4ccc(F)cc4)ccc3-c3ccc(-c4ccc(F)cc4)cc32)cc1. The lowest BCUT2D eigenvalue weighted by atomic mass is 9.66. The van der Waals surface area contributed by atoms with Gasteiger partial charge in [-0.1, -0.05) is 97.1 Å². The van der Waals surface area contributed by atoms with Crippen molar-refractivity contribution in [1.82, 2.24) is 0 Å². The van der Waals surface area contributed by atoms with Crippen LogP contribution in [0, 0.1) is 23.3 Å². The number of benzene rings is 7. The largest absolute Gasteiger partial charge is 0.207 e. The summed E-state index contributed by atoms with van der Waals surface area (Å²) in [7, 11) is 0. The highest BCUT2D eigenvalue weighted by molar-refractivity contribution is 5.99. The van der Waals surface area contributed by atoms with E-state index in [0.717, 1.165) is 77.9 Å². The second kappa shape index (κ2) is 11.9. The van der Waals surface area contributed by atoms with Crippen molar-refractivity contribution in [3.05, 3.63) is 220 Å². The van der Waals surface area contributed by atoms with Crippen LogP contribution in [0.2, 0.25) is 0 Å². The Balaban J connectivity index is 1.27. The van der Waals surface area contributed by atoms with Crippen LogP contribution in [0.4, 0.5) is 17.6 Å². The van der Waals surface area contributed by atoms with E-state index in [1.54, 1.807) is 0 Å². The molecule has 0 bridgehead atoms. The van der Waals surface area contributed by atoms with E-state index in [9.17, 15) is 17.6 Å². The predicted octanol–water partition coefficient (Wildman–Crippen LogP) is 13.1. The number of halogens is 4. The van der Waals surface area contributed by atoms with Crippen LogP contribution >= 0.6 is 0 Å². The van der Waals surface area contributed by atoms with Gasteiger partial charge < -0.3 is 0 Å². The van der Waals surface area contributed by atoms with E-state index in [4.69, 9.17) is 0 Å². The van der Waals surface area contributed by atoms with Gasteiger partial charge in [-0.2, -0.15) is 0 Å². The molecule has 0 radical (unpaired) electrons. The summed E-state index contributed by atoms with van der Waals surface area (Å²) >= 11 is 0. The van der Waals surface area contributed by atoms with Crippen LogP contribution in [0.3, 0.4) is 0 Å². The topological polar surface area (TPSA) is 0 Å². The van der Waals surface area contributed by atoms with Crippen LogP contribution in [-0.4, -0.2) is 0 Å². The highest BCUT2D eigenvalue weighted by Crippen LogP contribution is 2.65. The van der Waals surface area contributed by atoms with Crippen molar-refractivity contribution in [1.29, 1.82) is 0 Å². The minimum atomic E-state index is -0.736. The quantitative estimate of drug-likeness (QED) is 0.161. The van der Waals surface area contributed by atoms with Crippen LogP contribution in [0.25, 0.3) is 50.1 Å². The molecule has 3 aliphatic rings. The first kappa shape index (κ1) is 31.5. The smallest absolute Gasteiger partial charge is 0.123 e. The van der Waals surface area contributed by atoms with Crippen LogP contribution in [0.1, 0.15) is 40.2 Å². The molecule has 53 heavy (non-hydrogen) atoms. The molecule has 1 unspecified atom stereocenters. The molecule has 3 aliphatic carbocycles. The zero-order valence-corrected chi connectivity index (χ0v) is 28.4. The van der Waals surface area contributed by atoms with E-state index in [1.165, 1.54) is 54.1 Å². The number of hydrogen-bond donors (Lipinski definition) is 0. The van der Waals surface area contributed by atoms with Crippen LogP contribution in [0.15, 0.2) is 169 Å². The van der Waals surface area contributed by atoms with Gasteiger partial charge in [-0.05, 0) is 157 Å². The first-order valence-corrected chi connectivity index (χ1v) is 17.8. The van der Waals surface area contributed by atoms with Gasteiger partial charge in [0.25, 0.3) is 0 Å². The van der Waals surface area contributed by atoms with Crippen molar-refractivity contribution in [3.63, 3.8) is 0 Å². The molecular weight excluding hydrogens is 665 g/mol. The Morgan fingerprint density at radius 3 is 1.19 bits per heavy atom. The zero-order chi connectivity index (χ0) is 35.8. The lowest BCUT2D eigenvalue weighted by Crippen LogP contribution is -2.29. The van der Waals surface area contributed by atoms with E-state index in [2.05, 4.69) is 66.7 Å². The molecule has 1 spiro atoms. The minimum Gasteiger partial charge on any atom is -0.207 e. The van der Waals surface area contributed by atoms with Crippen molar-refractivity contribution in [2.45, 2.75) is 17.8 Å². The third-order valence-electron chi connectivity index (χ3n) is 11.4. The lowest BCUT2D eigenvalue weighted by Gasteiger charge is -2.35. The highest BCUT2D eigenvalue weighted by atomic mass is 19.1. The van der Waals surface area contributed by atoms with Gasteiger partial charge in [0.05, 0.1) is 5.41 Å². The van der Waals surface area contributed by atoms with Crippen LogP contribution in [0.5, 0.6) is 0 Å². The molecule has 0 nitrogen and oxygen atoms in total. The summed E-state index contributed by atoms with van der Waals surface area (Å²) < 4.78 is 56.5. The molecular formula is C49H30F4. The summed E-state index contributed by atoms with van der Waals surface area (Å²) in [5.41, 5.74) is 15.1. The number of fused-ring (bicyclic) bond motifs is 9. The molecule has 254 valence electrons. The standard InChI is InChI=1S/C49H30F4/c50-37-13-1-29(2-14-37)33-9-21-41-42-22-10-34(30-3-15-38(51)16-4-30)26-46(42)49(45(41)25-33)47-27-35(31-5-17-39(52)18-6-31)11-23-43(47)44-24-12-36(28-48(44)49)32-7-19-40(53)20-8-32/h1-27,36H,28H2. The molecule has 0 heterocycles. The van der Waals surface area contributed by atoms with Gasteiger partial charge in [0.1, 0.15) is 23.3 Å². The van der Waals surface area contributed by atoms with Crippen molar-refractivity contribution in [3.8, 4) is 44.5 Å². The summed E-state index contributed by atoms with van der Waals surface area (Å²) in [6, 6.07) is 46.2. The Kier molecular flexibility index (Phi) is 7.06. The lowest BCUT2D eigenvalue weighted by molar-refractivity contribution is 0.625.